The van der Waals surface area contributed by atoms with E-state index in [-0.39, 0.29) is 5.91 Å². The smallest absolute Gasteiger partial charge is 0.251 e. The van der Waals surface area contributed by atoms with E-state index in [1.807, 2.05) is 62.4 Å². The van der Waals surface area contributed by atoms with Crippen molar-refractivity contribution in [1.82, 2.24) is 0 Å². The van der Waals surface area contributed by atoms with E-state index < -0.39 is 0 Å². The summed E-state index contributed by atoms with van der Waals surface area (Å²) in [5, 5.41) is 3.00. The highest BCUT2D eigenvalue weighted by Crippen LogP contribution is 2.42. The lowest BCUT2D eigenvalue weighted by Crippen LogP contribution is -2.17. The summed E-state index contributed by atoms with van der Waals surface area (Å²) in [6.45, 7) is 4.88. The van der Waals surface area contributed by atoms with Crippen molar-refractivity contribution >= 4 is 23.4 Å². The van der Waals surface area contributed by atoms with E-state index in [9.17, 15) is 4.79 Å². The Morgan fingerprint density at radius 2 is 1.84 bits per heavy atom. The highest BCUT2D eigenvalue weighted by Gasteiger charge is 2.18. The molecule has 1 aliphatic rings. The van der Waals surface area contributed by atoms with Crippen molar-refractivity contribution in [3.8, 4) is 11.5 Å². The molecule has 4 nitrogen and oxygen atoms in total. The first kappa shape index (κ1) is 17.4. The molecule has 0 fully saturated rings. The zero-order valence-corrected chi connectivity index (χ0v) is 15.2. The molecule has 0 aromatic heterocycles. The number of ether oxygens (including phenoxy) is 2. The van der Waals surface area contributed by atoms with Crippen molar-refractivity contribution in [1.29, 1.82) is 0 Å². The fraction of sp³-hybridized carbons (Fsp3) is 0.250. The van der Waals surface area contributed by atoms with Gasteiger partial charge in [-0.1, -0.05) is 43.0 Å². The predicted molar refractivity (Wildman–Crippen MR) is 101 cm³/mol. The van der Waals surface area contributed by atoms with Crippen molar-refractivity contribution in [3.63, 3.8) is 0 Å². The average Bonchev–Trinajstić information content (AvgIpc) is 2.63. The average molecular weight is 355 g/mol. The molecule has 1 amide bonds. The molecule has 1 aliphatic heterocycles. The number of carbonyl (C=O) groups excluding carboxylic acids is 1. The molecule has 0 saturated heterocycles. The summed E-state index contributed by atoms with van der Waals surface area (Å²) in [5.74, 6) is 1.27. The number of nitrogens with one attached hydrogen (secondary N) is 1. The molecule has 0 unspecified atom stereocenters. The van der Waals surface area contributed by atoms with Gasteiger partial charge in [0.05, 0.1) is 5.69 Å². The Kier molecular flexibility index (Phi) is 5.66. The third-order valence-corrected chi connectivity index (χ3v) is 4.80. The van der Waals surface area contributed by atoms with Gasteiger partial charge in [-0.2, -0.15) is 0 Å². The largest absolute Gasteiger partial charge is 0.486 e. The lowest BCUT2D eigenvalue weighted by Gasteiger charge is -2.21. The fourth-order valence-electron chi connectivity index (χ4n) is 2.49. The van der Waals surface area contributed by atoms with Gasteiger partial charge in [-0.15, -0.1) is 0 Å². The van der Waals surface area contributed by atoms with Crippen molar-refractivity contribution in [2.24, 2.45) is 0 Å². The molecule has 2 aromatic carbocycles. The molecule has 0 radical (unpaired) electrons. The van der Waals surface area contributed by atoms with Crippen molar-refractivity contribution in [2.45, 2.75) is 30.1 Å². The van der Waals surface area contributed by atoms with E-state index in [2.05, 4.69) is 5.32 Å². The second-order valence-corrected chi connectivity index (χ2v) is 6.77. The molecular weight excluding hydrogens is 334 g/mol. The van der Waals surface area contributed by atoms with Crippen LogP contribution in [-0.4, -0.2) is 19.1 Å². The number of rotatable bonds is 5. The van der Waals surface area contributed by atoms with E-state index in [1.54, 1.807) is 11.8 Å². The number of fused-ring (bicyclic) bond motifs is 1. The summed E-state index contributed by atoms with van der Waals surface area (Å²) in [5.41, 5.74) is 1.43. The molecule has 3 rings (SSSR count). The van der Waals surface area contributed by atoms with Crippen LogP contribution in [0.5, 0.6) is 11.5 Å². The molecule has 0 bridgehead atoms. The van der Waals surface area contributed by atoms with Gasteiger partial charge in [0.15, 0.2) is 11.5 Å². The molecule has 0 saturated carbocycles. The van der Waals surface area contributed by atoms with Crippen molar-refractivity contribution < 1.29 is 14.3 Å². The zero-order chi connectivity index (χ0) is 17.6. The third kappa shape index (κ3) is 4.37. The Morgan fingerprint density at radius 1 is 1.16 bits per heavy atom. The van der Waals surface area contributed by atoms with E-state index in [0.29, 0.717) is 30.3 Å². The second kappa shape index (κ2) is 8.12. The molecule has 0 aliphatic carbocycles. The van der Waals surface area contributed by atoms with Crippen LogP contribution in [0.25, 0.3) is 0 Å². The minimum atomic E-state index is -0.103. The van der Waals surface area contributed by atoms with Crippen molar-refractivity contribution in [2.75, 3.05) is 18.5 Å². The van der Waals surface area contributed by atoms with Crippen LogP contribution >= 0.6 is 11.8 Å². The molecule has 0 spiro atoms. The highest BCUT2D eigenvalue weighted by molar-refractivity contribution is 7.99. The van der Waals surface area contributed by atoms with Gasteiger partial charge in [0.1, 0.15) is 13.2 Å². The molecule has 2 aromatic rings. The maximum Gasteiger partial charge on any atom is 0.251 e. The quantitative estimate of drug-likeness (QED) is 0.775. The Morgan fingerprint density at radius 3 is 2.52 bits per heavy atom. The van der Waals surface area contributed by atoms with Crippen LogP contribution in [0.2, 0.25) is 0 Å². The van der Waals surface area contributed by atoms with Gasteiger partial charge in [0, 0.05) is 27.5 Å². The maximum absolute atomic E-state index is 12.4. The topological polar surface area (TPSA) is 47.6 Å². The summed E-state index contributed by atoms with van der Waals surface area (Å²) in [4.78, 5) is 14.4. The normalized spacial score (nSPS) is 13.4. The molecule has 130 valence electrons. The highest BCUT2D eigenvalue weighted by atomic mass is 32.2. The van der Waals surface area contributed by atoms with E-state index in [0.717, 1.165) is 21.9 Å². The van der Waals surface area contributed by atoms with E-state index in [4.69, 9.17) is 9.47 Å². The predicted octanol–water partition coefficient (Wildman–Crippen LogP) is 4.90. The number of allylic oxidation sites excluding steroid dienone is 1. The number of anilines is 1. The molecule has 25 heavy (non-hydrogen) atoms. The van der Waals surface area contributed by atoms with Gasteiger partial charge < -0.3 is 14.8 Å². The maximum atomic E-state index is 12.4. The van der Waals surface area contributed by atoms with Crippen LogP contribution in [0.1, 0.15) is 20.3 Å². The fourth-order valence-corrected chi connectivity index (χ4v) is 3.42. The van der Waals surface area contributed by atoms with Crippen LogP contribution in [0, 0.1) is 0 Å². The summed E-state index contributed by atoms with van der Waals surface area (Å²) in [6.07, 6.45) is 2.74. The Hall–Kier alpha value is -2.40. The monoisotopic (exact) mass is 355 g/mol. The first-order valence-corrected chi connectivity index (χ1v) is 9.13. The molecular formula is C20H21NO3S. The van der Waals surface area contributed by atoms with E-state index in [1.165, 1.54) is 0 Å². The Bertz CT molecular complexity index is 787. The number of carbonyl (C=O) groups is 1. The van der Waals surface area contributed by atoms with Crippen LogP contribution in [0.15, 0.2) is 63.9 Å². The standard InChI is InChI=1S/C20H21NO3S/c1-3-7-14(2)20(22)21-16-12-17-18(24-11-10-23-17)13-19(16)25-15-8-5-4-6-9-15/h4-9,12-13H,3,10-11H2,1-2H3,(H,21,22)/b14-7-. The van der Waals surface area contributed by atoms with Gasteiger partial charge >= 0.3 is 0 Å². The van der Waals surface area contributed by atoms with Crippen LogP contribution in [0.3, 0.4) is 0 Å². The minimum absolute atomic E-state index is 0.103. The summed E-state index contributed by atoms with van der Waals surface area (Å²) in [6, 6.07) is 13.8. The molecule has 0 atom stereocenters. The SMILES string of the molecule is CC/C=C(/C)C(=O)Nc1cc2c(cc1Sc1ccccc1)OCCO2. The summed E-state index contributed by atoms with van der Waals surface area (Å²) < 4.78 is 11.3. The number of hydrogen-bond acceptors (Lipinski definition) is 4. The van der Waals surface area contributed by atoms with Crippen LogP contribution < -0.4 is 14.8 Å². The summed E-state index contributed by atoms with van der Waals surface area (Å²) in [7, 11) is 0. The second-order valence-electron chi connectivity index (χ2n) is 5.66. The van der Waals surface area contributed by atoms with Gasteiger partial charge in [-0.05, 0) is 25.5 Å². The molecule has 1 N–H and O–H groups in total. The van der Waals surface area contributed by atoms with Gasteiger partial charge in [-0.3, -0.25) is 4.79 Å². The van der Waals surface area contributed by atoms with Crippen LogP contribution in [0.4, 0.5) is 5.69 Å². The Labute approximate surface area is 152 Å². The van der Waals surface area contributed by atoms with E-state index >= 15 is 0 Å². The zero-order valence-electron chi connectivity index (χ0n) is 14.4. The van der Waals surface area contributed by atoms with Crippen LogP contribution in [-0.2, 0) is 4.79 Å². The first-order valence-electron chi connectivity index (χ1n) is 8.32. The minimum Gasteiger partial charge on any atom is -0.486 e. The molecule has 1 heterocycles. The third-order valence-electron chi connectivity index (χ3n) is 3.73. The lowest BCUT2D eigenvalue weighted by atomic mass is 10.2. The van der Waals surface area contributed by atoms with Gasteiger partial charge in [-0.25, -0.2) is 0 Å². The molecule has 5 heteroatoms. The number of amides is 1. The van der Waals surface area contributed by atoms with Gasteiger partial charge in [0.25, 0.3) is 5.91 Å². The van der Waals surface area contributed by atoms with Gasteiger partial charge in [0.2, 0.25) is 0 Å². The summed E-state index contributed by atoms with van der Waals surface area (Å²) >= 11 is 1.58. The first-order chi connectivity index (χ1) is 12.2. The van der Waals surface area contributed by atoms with Crippen molar-refractivity contribution in [3.05, 3.63) is 54.1 Å². The lowest BCUT2D eigenvalue weighted by molar-refractivity contribution is -0.112. The number of benzene rings is 2. The Balaban J connectivity index is 1.93. The number of hydrogen-bond donors (Lipinski definition) is 1.